The van der Waals surface area contributed by atoms with Crippen LogP contribution < -0.4 is 16.3 Å². The molecule has 0 spiro atoms. The average Bonchev–Trinajstić information content (AvgIpc) is 2.29. The fraction of sp³-hybridized carbons (Fsp3) is 0.200. The zero-order chi connectivity index (χ0) is 9.26. The number of nitrogens with one attached hydrogen (secondary N) is 1. The van der Waals surface area contributed by atoms with Gasteiger partial charge in [0.15, 0.2) is 0 Å². The van der Waals surface area contributed by atoms with Crippen LogP contribution in [0.3, 0.4) is 0 Å². The van der Waals surface area contributed by atoms with Gasteiger partial charge in [-0.1, -0.05) is 17.7 Å². The highest BCUT2D eigenvalue weighted by Gasteiger charge is 1.93. The lowest BCUT2D eigenvalue weighted by Crippen LogP contribution is -2.36. The van der Waals surface area contributed by atoms with Crippen molar-refractivity contribution in [1.29, 1.82) is 0 Å². The first kappa shape index (κ1) is 7.98. The SMILES string of the molecule is CC1=CC=c2[nH]c(=O)cnc2=CC1. The van der Waals surface area contributed by atoms with Crippen LogP contribution in [0.2, 0.25) is 0 Å². The molecule has 1 aromatic rings. The summed E-state index contributed by atoms with van der Waals surface area (Å²) in [6, 6.07) is 0. The topological polar surface area (TPSA) is 45.8 Å². The lowest BCUT2D eigenvalue weighted by atomic mass is 10.2. The monoisotopic (exact) mass is 174 g/mol. The number of H-pyrrole nitrogens is 1. The second-order valence-corrected chi connectivity index (χ2v) is 3.13. The number of fused-ring (bicyclic) bond motifs is 1. The maximum atomic E-state index is 11.0. The molecule has 0 fully saturated rings. The van der Waals surface area contributed by atoms with Crippen LogP contribution in [-0.2, 0) is 0 Å². The molecule has 3 heteroatoms. The van der Waals surface area contributed by atoms with Gasteiger partial charge in [-0.25, -0.2) is 4.98 Å². The van der Waals surface area contributed by atoms with Gasteiger partial charge >= 0.3 is 0 Å². The van der Waals surface area contributed by atoms with Gasteiger partial charge in [-0.3, -0.25) is 4.79 Å². The summed E-state index contributed by atoms with van der Waals surface area (Å²) in [6.45, 7) is 2.05. The summed E-state index contributed by atoms with van der Waals surface area (Å²) in [7, 11) is 0. The van der Waals surface area contributed by atoms with Crippen molar-refractivity contribution in [3.63, 3.8) is 0 Å². The number of hydrogen-bond donors (Lipinski definition) is 1. The molecule has 0 saturated heterocycles. The Balaban J connectivity index is 2.80. The lowest BCUT2D eigenvalue weighted by molar-refractivity contribution is 1.05. The van der Waals surface area contributed by atoms with Crippen LogP contribution in [0.15, 0.2) is 22.6 Å². The number of hydrogen-bond acceptors (Lipinski definition) is 2. The van der Waals surface area contributed by atoms with Gasteiger partial charge < -0.3 is 4.98 Å². The predicted octanol–water partition coefficient (Wildman–Crippen LogP) is -0.319. The smallest absolute Gasteiger partial charge is 0.266 e. The van der Waals surface area contributed by atoms with E-state index in [4.69, 9.17) is 0 Å². The second-order valence-electron chi connectivity index (χ2n) is 3.13. The first-order valence-corrected chi connectivity index (χ1v) is 4.19. The van der Waals surface area contributed by atoms with Crippen LogP contribution in [0.5, 0.6) is 0 Å². The third-order valence-corrected chi connectivity index (χ3v) is 2.01. The minimum atomic E-state index is -0.156. The predicted molar refractivity (Wildman–Crippen MR) is 51.4 cm³/mol. The third-order valence-electron chi connectivity index (χ3n) is 2.01. The van der Waals surface area contributed by atoms with E-state index in [0.29, 0.717) is 0 Å². The molecular formula is C10H10N2O. The van der Waals surface area contributed by atoms with E-state index < -0.39 is 0 Å². The standard InChI is InChI=1S/C10H10N2O/c1-7-2-4-8-9(5-3-7)12-10(13)6-11-8/h3-6H,2H2,1H3,(H,12,13). The maximum Gasteiger partial charge on any atom is 0.266 e. The minimum Gasteiger partial charge on any atom is -0.319 e. The van der Waals surface area contributed by atoms with Crippen LogP contribution in [0, 0.1) is 0 Å². The summed E-state index contributed by atoms with van der Waals surface area (Å²) in [5.41, 5.74) is 1.11. The fourth-order valence-electron chi connectivity index (χ4n) is 1.27. The van der Waals surface area contributed by atoms with Crippen molar-refractivity contribution in [3.05, 3.63) is 38.9 Å². The number of nitrogens with zero attached hydrogens (tertiary/aromatic N) is 1. The van der Waals surface area contributed by atoms with Crippen molar-refractivity contribution in [2.75, 3.05) is 0 Å². The highest BCUT2D eigenvalue weighted by Crippen LogP contribution is 2.00. The average molecular weight is 174 g/mol. The molecule has 13 heavy (non-hydrogen) atoms. The molecule has 1 aliphatic carbocycles. The van der Waals surface area contributed by atoms with Crippen LogP contribution in [0.1, 0.15) is 13.3 Å². The van der Waals surface area contributed by atoms with Crippen molar-refractivity contribution >= 4 is 12.2 Å². The number of aromatic nitrogens is 2. The summed E-state index contributed by atoms with van der Waals surface area (Å²) >= 11 is 0. The zero-order valence-corrected chi connectivity index (χ0v) is 7.37. The van der Waals surface area contributed by atoms with Gasteiger partial charge in [0.25, 0.3) is 5.56 Å². The van der Waals surface area contributed by atoms with Gasteiger partial charge in [0.05, 0.1) is 16.9 Å². The third kappa shape index (κ3) is 1.59. The molecule has 0 atom stereocenters. The molecule has 1 heterocycles. The summed E-state index contributed by atoms with van der Waals surface area (Å²) in [5, 5.41) is 1.65. The Bertz CT molecular complexity index is 523. The fourth-order valence-corrected chi connectivity index (χ4v) is 1.27. The van der Waals surface area contributed by atoms with Gasteiger partial charge in [0, 0.05) is 0 Å². The Hall–Kier alpha value is -1.64. The summed E-state index contributed by atoms with van der Waals surface area (Å²) in [4.78, 5) is 17.8. The molecule has 0 aromatic carbocycles. The number of rotatable bonds is 0. The first-order valence-electron chi connectivity index (χ1n) is 4.19. The Labute approximate surface area is 75.1 Å². The summed E-state index contributed by atoms with van der Waals surface area (Å²) in [6.07, 6.45) is 8.11. The molecule has 1 aromatic heterocycles. The molecule has 1 N–H and O–H groups in total. The molecule has 0 amide bonds. The van der Waals surface area contributed by atoms with Gasteiger partial charge in [-0.05, 0) is 19.4 Å². The highest BCUT2D eigenvalue weighted by molar-refractivity contribution is 5.43. The van der Waals surface area contributed by atoms with Gasteiger partial charge in [-0.2, -0.15) is 0 Å². The van der Waals surface area contributed by atoms with Crippen molar-refractivity contribution in [2.24, 2.45) is 0 Å². The van der Waals surface area contributed by atoms with Crippen molar-refractivity contribution in [2.45, 2.75) is 13.3 Å². The molecular weight excluding hydrogens is 164 g/mol. The molecule has 0 bridgehead atoms. The first-order chi connectivity index (χ1) is 6.25. The summed E-state index contributed by atoms with van der Waals surface area (Å²) < 4.78 is 0. The van der Waals surface area contributed by atoms with E-state index in [1.165, 1.54) is 11.8 Å². The van der Waals surface area contributed by atoms with Crippen molar-refractivity contribution in [3.8, 4) is 0 Å². The van der Waals surface area contributed by atoms with E-state index in [9.17, 15) is 4.79 Å². The number of aromatic amines is 1. The van der Waals surface area contributed by atoms with Gasteiger partial charge in [0.2, 0.25) is 0 Å². The molecule has 3 nitrogen and oxygen atoms in total. The largest absolute Gasteiger partial charge is 0.319 e. The van der Waals surface area contributed by atoms with E-state index in [-0.39, 0.29) is 5.56 Å². The Kier molecular flexibility index (Phi) is 1.85. The van der Waals surface area contributed by atoms with Crippen molar-refractivity contribution in [1.82, 2.24) is 9.97 Å². The Morgan fingerprint density at radius 1 is 1.46 bits per heavy atom. The molecule has 2 rings (SSSR count). The molecule has 0 saturated carbocycles. The zero-order valence-electron chi connectivity index (χ0n) is 7.37. The molecule has 66 valence electrons. The van der Waals surface area contributed by atoms with E-state index in [1.54, 1.807) is 0 Å². The van der Waals surface area contributed by atoms with Gasteiger partial charge in [0.1, 0.15) is 0 Å². The molecule has 1 aliphatic rings. The lowest BCUT2D eigenvalue weighted by Gasteiger charge is -1.88. The highest BCUT2D eigenvalue weighted by atomic mass is 16.1. The molecule has 0 aliphatic heterocycles. The molecule has 0 unspecified atom stereocenters. The maximum absolute atomic E-state index is 11.0. The van der Waals surface area contributed by atoms with E-state index >= 15 is 0 Å². The van der Waals surface area contributed by atoms with E-state index in [0.717, 1.165) is 17.1 Å². The van der Waals surface area contributed by atoms with Crippen LogP contribution in [-0.4, -0.2) is 9.97 Å². The van der Waals surface area contributed by atoms with Crippen LogP contribution in [0.4, 0.5) is 0 Å². The molecule has 0 radical (unpaired) electrons. The van der Waals surface area contributed by atoms with E-state index in [1.807, 2.05) is 18.2 Å². The van der Waals surface area contributed by atoms with Crippen LogP contribution >= 0.6 is 0 Å². The Morgan fingerprint density at radius 2 is 2.31 bits per heavy atom. The van der Waals surface area contributed by atoms with Gasteiger partial charge in [-0.15, -0.1) is 0 Å². The minimum absolute atomic E-state index is 0.156. The second kappa shape index (κ2) is 3.01. The van der Waals surface area contributed by atoms with E-state index in [2.05, 4.69) is 16.9 Å². The normalized spacial score (nSPS) is 14.7. The Morgan fingerprint density at radius 3 is 3.15 bits per heavy atom. The van der Waals surface area contributed by atoms with Crippen LogP contribution in [0.25, 0.3) is 12.2 Å². The quantitative estimate of drug-likeness (QED) is 0.586. The van der Waals surface area contributed by atoms with Crippen molar-refractivity contribution < 1.29 is 0 Å². The summed E-state index contributed by atoms with van der Waals surface area (Å²) in [5.74, 6) is 0. The number of allylic oxidation sites excluding steroid dienone is 2.